The molecule has 2 rings (SSSR count). The molecule has 0 aromatic heterocycles. The number of Topliss-reactive ketones (excluding diaryl/α,β-unsaturated/α-hetero) is 1. The molecule has 0 bridgehead atoms. The fraction of sp³-hybridized carbons (Fsp3) is 0.500. The molecule has 0 radical (unpaired) electrons. The van der Waals surface area contributed by atoms with Crippen molar-refractivity contribution < 1.29 is 23.9 Å². The van der Waals surface area contributed by atoms with Gasteiger partial charge in [-0.2, -0.15) is 0 Å². The van der Waals surface area contributed by atoms with Crippen molar-refractivity contribution in [3.63, 3.8) is 0 Å². The topological polar surface area (TPSA) is 119 Å². The molecular weight excluding hydrogens is 362 g/mol. The zero-order valence-corrected chi connectivity index (χ0v) is 16.6. The van der Waals surface area contributed by atoms with Gasteiger partial charge in [0.25, 0.3) is 5.91 Å². The number of nitrogens with two attached hydrogens (primary N) is 1. The molecule has 0 spiro atoms. The summed E-state index contributed by atoms with van der Waals surface area (Å²) in [5.41, 5.74) is 5.45. The van der Waals surface area contributed by atoms with Gasteiger partial charge in [0, 0.05) is 12.6 Å². The third-order valence-electron chi connectivity index (χ3n) is 4.52. The smallest absolute Gasteiger partial charge is 0.251 e. The second-order valence-corrected chi connectivity index (χ2v) is 8.15. The Labute approximate surface area is 164 Å². The van der Waals surface area contributed by atoms with Crippen molar-refractivity contribution in [1.29, 1.82) is 0 Å². The normalized spacial score (nSPS) is 20.5. The minimum absolute atomic E-state index is 0.273. The fourth-order valence-corrected chi connectivity index (χ4v) is 3.20. The quantitative estimate of drug-likeness (QED) is 0.734. The number of amides is 3. The van der Waals surface area contributed by atoms with Crippen molar-refractivity contribution in [2.45, 2.75) is 45.4 Å². The summed E-state index contributed by atoms with van der Waals surface area (Å²) in [6, 6.07) is 6.57. The third-order valence-corrected chi connectivity index (χ3v) is 4.52. The van der Waals surface area contributed by atoms with Crippen molar-refractivity contribution in [3.8, 4) is 0 Å². The largest absolute Gasteiger partial charge is 0.367 e. The highest BCUT2D eigenvalue weighted by Gasteiger charge is 2.45. The number of ether oxygens (including phenoxy) is 1. The molecule has 2 unspecified atom stereocenters. The Hall–Kier alpha value is -2.74. The molecule has 1 aliphatic heterocycles. The average molecular weight is 389 g/mol. The average Bonchev–Trinajstić information content (AvgIpc) is 3.01. The number of likely N-dealkylation sites (N-methyl/N-ethyl adjacent to an activating group) is 1. The summed E-state index contributed by atoms with van der Waals surface area (Å²) < 4.78 is 5.14. The van der Waals surface area contributed by atoms with E-state index in [0.29, 0.717) is 12.0 Å². The molecule has 1 heterocycles. The first-order chi connectivity index (χ1) is 13.0. The van der Waals surface area contributed by atoms with Crippen LogP contribution >= 0.6 is 0 Å². The lowest BCUT2D eigenvalue weighted by Crippen LogP contribution is -2.56. The van der Waals surface area contributed by atoms with Crippen LogP contribution in [0.2, 0.25) is 0 Å². The van der Waals surface area contributed by atoms with Gasteiger partial charge in [0.15, 0.2) is 11.9 Å². The van der Waals surface area contributed by atoms with Crippen molar-refractivity contribution in [1.82, 2.24) is 10.2 Å². The lowest BCUT2D eigenvalue weighted by Gasteiger charge is -2.32. The maximum Gasteiger partial charge on any atom is 0.251 e. The number of rotatable bonds is 6. The van der Waals surface area contributed by atoms with Crippen LogP contribution < -0.4 is 11.1 Å². The lowest BCUT2D eigenvalue weighted by atomic mass is 9.87. The number of ketones is 1. The summed E-state index contributed by atoms with van der Waals surface area (Å²) in [7, 11) is 1.42. The molecule has 8 nitrogen and oxygen atoms in total. The summed E-state index contributed by atoms with van der Waals surface area (Å²) in [6.45, 7) is 5.55. The van der Waals surface area contributed by atoms with Crippen LogP contribution in [0.15, 0.2) is 30.3 Å². The minimum atomic E-state index is -1.19. The highest BCUT2D eigenvalue weighted by Crippen LogP contribution is 2.24. The lowest BCUT2D eigenvalue weighted by molar-refractivity contribution is -0.141. The van der Waals surface area contributed by atoms with Gasteiger partial charge in [0.2, 0.25) is 11.8 Å². The molecule has 3 amide bonds. The Bertz CT molecular complexity index is 757. The molecule has 1 saturated heterocycles. The maximum atomic E-state index is 13.1. The number of carbonyl (C=O) groups excluding carboxylic acids is 4. The van der Waals surface area contributed by atoms with Crippen LogP contribution in [0.1, 0.15) is 37.6 Å². The molecule has 0 saturated carbocycles. The number of hydrogen-bond donors (Lipinski definition) is 2. The van der Waals surface area contributed by atoms with E-state index in [0.717, 1.165) is 4.90 Å². The molecule has 1 fully saturated rings. The van der Waals surface area contributed by atoms with Gasteiger partial charge in [0.1, 0.15) is 18.7 Å². The van der Waals surface area contributed by atoms with Crippen LogP contribution in [0.25, 0.3) is 0 Å². The van der Waals surface area contributed by atoms with E-state index in [4.69, 9.17) is 10.5 Å². The maximum absolute atomic E-state index is 13.1. The van der Waals surface area contributed by atoms with Gasteiger partial charge >= 0.3 is 0 Å². The van der Waals surface area contributed by atoms with E-state index in [1.54, 1.807) is 30.3 Å². The fourth-order valence-electron chi connectivity index (χ4n) is 3.20. The molecule has 1 aliphatic rings. The predicted octanol–water partition coefficient (Wildman–Crippen LogP) is 0.501. The van der Waals surface area contributed by atoms with E-state index in [1.165, 1.54) is 7.05 Å². The first-order valence-corrected chi connectivity index (χ1v) is 9.07. The molecule has 1 aromatic rings. The summed E-state index contributed by atoms with van der Waals surface area (Å²) in [4.78, 5) is 50.6. The van der Waals surface area contributed by atoms with Crippen LogP contribution in [0.3, 0.4) is 0 Å². The standard InChI is InChI=1S/C20H27N3O5/c1-20(2,3)10-13(22-18(26)12-8-6-5-7-9-12)19(27)23(4)15-14(24)11-28-16(15)17(21)25/h5-9,13,15-16H,10-11H2,1-4H3,(H2,21,25)(H,22,26)/t13?,15?,16-/m0/s1. The Morgan fingerprint density at radius 1 is 1.25 bits per heavy atom. The number of nitrogens with zero attached hydrogens (tertiary/aromatic N) is 1. The monoisotopic (exact) mass is 389 g/mol. The Morgan fingerprint density at radius 3 is 2.39 bits per heavy atom. The molecule has 1 aromatic carbocycles. The molecule has 28 heavy (non-hydrogen) atoms. The number of nitrogens with one attached hydrogen (secondary N) is 1. The van der Waals surface area contributed by atoms with Gasteiger partial charge < -0.3 is 20.7 Å². The van der Waals surface area contributed by atoms with E-state index in [1.807, 2.05) is 20.8 Å². The summed E-state index contributed by atoms with van der Waals surface area (Å²) in [6.07, 6.45) is -0.848. The Kier molecular flexibility index (Phi) is 6.56. The molecular formula is C20H27N3O5. The highest BCUT2D eigenvalue weighted by molar-refractivity contribution is 6.01. The van der Waals surface area contributed by atoms with Gasteiger partial charge in [-0.05, 0) is 24.0 Å². The van der Waals surface area contributed by atoms with E-state index >= 15 is 0 Å². The zero-order valence-electron chi connectivity index (χ0n) is 16.6. The number of carbonyl (C=O) groups is 4. The van der Waals surface area contributed by atoms with E-state index < -0.39 is 41.7 Å². The second kappa shape index (κ2) is 8.52. The van der Waals surface area contributed by atoms with Gasteiger partial charge in [-0.1, -0.05) is 39.0 Å². The zero-order chi connectivity index (χ0) is 21.1. The van der Waals surface area contributed by atoms with E-state index in [2.05, 4.69) is 5.32 Å². The number of benzene rings is 1. The van der Waals surface area contributed by atoms with Crippen LogP contribution in [0.5, 0.6) is 0 Å². The van der Waals surface area contributed by atoms with Crippen LogP contribution in [0, 0.1) is 5.41 Å². The summed E-state index contributed by atoms with van der Waals surface area (Å²) in [5.74, 6) is -2.08. The molecule has 152 valence electrons. The van der Waals surface area contributed by atoms with Crippen LogP contribution in [0.4, 0.5) is 0 Å². The van der Waals surface area contributed by atoms with Crippen molar-refractivity contribution in [2.24, 2.45) is 11.1 Å². The third kappa shape index (κ3) is 5.16. The van der Waals surface area contributed by atoms with Gasteiger partial charge in [-0.15, -0.1) is 0 Å². The van der Waals surface area contributed by atoms with Crippen LogP contribution in [-0.2, 0) is 19.1 Å². The SMILES string of the molecule is CN(C(=O)C(CC(C)(C)C)NC(=O)c1ccccc1)C1C(=O)CO[C@@H]1C(N)=O. The van der Waals surface area contributed by atoms with Gasteiger partial charge in [0.05, 0.1) is 0 Å². The molecule has 3 N–H and O–H groups in total. The molecule has 3 atom stereocenters. The van der Waals surface area contributed by atoms with E-state index in [9.17, 15) is 19.2 Å². The second-order valence-electron chi connectivity index (χ2n) is 8.15. The number of primary amides is 1. The number of hydrogen-bond acceptors (Lipinski definition) is 5. The first-order valence-electron chi connectivity index (χ1n) is 9.07. The van der Waals surface area contributed by atoms with Crippen molar-refractivity contribution >= 4 is 23.5 Å². The minimum Gasteiger partial charge on any atom is -0.367 e. The Balaban J connectivity index is 2.24. The summed E-state index contributed by atoms with van der Waals surface area (Å²) in [5, 5.41) is 2.75. The summed E-state index contributed by atoms with van der Waals surface area (Å²) >= 11 is 0. The Morgan fingerprint density at radius 2 is 1.86 bits per heavy atom. The predicted molar refractivity (Wildman–Crippen MR) is 102 cm³/mol. The highest BCUT2D eigenvalue weighted by atomic mass is 16.5. The van der Waals surface area contributed by atoms with Crippen LogP contribution in [-0.4, -0.2) is 60.2 Å². The van der Waals surface area contributed by atoms with E-state index in [-0.39, 0.29) is 12.0 Å². The molecule has 0 aliphatic carbocycles. The first kappa shape index (κ1) is 21.6. The molecule has 8 heteroatoms. The van der Waals surface area contributed by atoms with Crippen molar-refractivity contribution in [3.05, 3.63) is 35.9 Å². The van der Waals surface area contributed by atoms with Crippen molar-refractivity contribution in [2.75, 3.05) is 13.7 Å². The van der Waals surface area contributed by atoms with Gasteiger partial charge in [-0.25, -0.2) is 0 Å². The van der Waals surface area contributed by atoms with Gasteiger partial charge in [-0.3, -0.25) is 19.2 Å².